The maximum Gasteiger partial charge on any atom is 0.251 e. The molecule has 4 rings (SSSR count). The van der Waals surface area contributed by atoms with Crippen LogP contribution in [0.25, 0.3) is 0 Å². The van der Waals surface area contributed by atoms with E-state index in [0.29, 0.717) is 38.2 Å². The number of anilines is 1. The quantitative estimate of drug-likeness (QED) is 0.621. The number of carbonyl (C=O) groups excluding carboxylic acids is 2. The van der Waals surface area contributed by atoms with Crippen LogP contribution in [0.2, 0.25) is 0 Å². The number of halogens is 1. The minimum atomic E-state index is -3.60. The van der Waals surface area contributed by atoms with Crippen molar-refractivity contribution in [2.24, 2.45) is 0 Å². The monoisotopic (exact) mass is 459 g/mol. The minimum absolute atomic E-state index is 0.0701. The van der Waals surface area contributed by atoms with Crippen LogP contribution in [0.4, 0.5) is 10.1 Å². The molecule has 2 saturated heterocycles. The number of nitrogens with zero attached hydrogens (tertiary/aromatic N) is 3. The van der Waals surface area contributed by atoms with Crippen LogP contribution >= 0.6 is 0 Å². The number of piperidine rings is 1. The Morgan fingerprint density at radius 1 is 1.00 bits per heavy atom. The zero-order valence-corrected chi connectivity index (χ0v) is 18.7. The van der Waals surface area contributed by atoms with Crippen molar-refractivity contribution in [3.63, 3.8) is 0 Å². The normalized spacial score (nSPS) is 21.0. The fourth-order valence-corrected chi connectivity index (χ4v) is 6.32. The average molecular weight is 460 g/mol. The van der Waals surface area contributed by atoms with Gasteiger partial charge in [0.05, 0.1) is 23.0 Å². The number of hydrogen-bond donors (Lipinski definition) is 0. The Kier molecular flexibility index (Phi) is 6.41. The molecule has 7 nitrogen and oxygen atoms in total. The molecule has 0 aromatic heterocycles. The number of imide groups is 1. The molecule has 0 radical (unpaired) electrons. The standard InChI is InChI=1S/C23H26FN3O4S/c1-2-26(32(30,31)20-6-4-3-5-7-20)18-12-14-25(15-13-18)21-16-22(28)27(23(21)29)19-10-8-17(24)9-11-19/h3-11,18,21H,2,12-16H2,1H3/t21-/m0/s1. The van der Waals surface area contributed by atoms with Crippen LogP contribution in [-0.2, 0) is 19.6 Å². The first-order valence-corrected chi connectivity index (χ1v) is 12.2. The van der Waals surface area contributed by atoms with E-state index in [-0.39, 0.29) is 29.2 Å². The van der Waals surface area contributed by atoms with E-state index in [1.807, 2.05) is 11.8 Å². The van der Waals surface area contributed by atoms with E-state index < -0.39 is 21.9 Å². The largest absolute Gasteiger partial charge is 0.291 e. The molecule has 170 valence electrons. The van der Waals surface area contributed by atoms with E-state index >= 15 is 0 Å². The summed E-state index contributed by atoms with van der Waals surface area (Å²) in [6, 6.07) is 12.9. The van der Waals surface area contributed by atoms with Gasteiger partial charge in [-0.15, -0.1) is 0 Å². The first-order valence-electron chi connectivity index (χ1n) is 10.8. The number of sulfonamides is 1. The van der Waals surface area contributed by atoms with Crippen molar-refractivity contribution in [3.05, 3.63) is 60.4 Å². The lowest BCUT2D eigenvalue weighted by Crippen LogP contribution is -2.51. The van der Waals surface area contributed by atoms with Crippen LogP contribution < -0.4 is 4.90 Å². The highest BCUT2D eigenvalue weighted by molar-refractivity contribution is 7.89. The molecule has 0 aliphatic carbocycles. The summed E-state index contributed by atoms with van der Waals surface area (Å²) in [6.07, 6.45) is 1.23. The van der Waals surface area contributed by atoms with E-state index in [0.717, 1.165) is 4.90 Å². The van der Waals surface area contributed by atoms with Crippen LogP contribution in [0, 0.1) is 5.82 Å². The van der Waals surface area contributed by atoms with Crippen LogP contribution in [-0.4, -0.2) is 61.2 Å². The smallest absolute Gasteiger partial charge is 0.251 e. The highest BCUT2D eigenvalue weighted by Gasteiger charge is 2.44. The number of likely N-dealkylation sites (tertiary alicyclic amines) is 1. The lowest BCUT2D eigenvalue weighted by molar-refractivity contribution is -0.123. The number of carbonyl (C=O) groups is 2. The summed E-state index contributed by atoms with van der Waals surface area (Å²) in [5.41, 5.74) is 0.366. The van der Waals surface area contributed by atoms with Gasteiger partial charge in [-0.1, -0.05) is 25.1 Å². The fraction of sp³-hybridized carbons (Fsp3) is 0.391. The van der Waals surface area contributed by atoms with Gasteiger partial charge in [0.25, 0.3) is 5.91 Å². The van der Waals surface area contributed by atoms with Crippen molar-refractivity contribution in [1.82, 2.24) is 9.21 Å². The Balaban J connectivity index is 1.44. The Morgan fingerprint density at radius 2 is 1.62 bits per heavy atom. The average Bonchev–Trinajstić information content (AvgIpc) is 3.10. The van der Waals surface area contributed by atoms with E-state index in [4.69, 9.17) is 0 Å². The molecular weight excluding hydrogens is 433 g/mol. The van der Waals surface area contributed by atoms with Crippen LogP contribution in [0.5, 0.6) is 0 Å². The first-order chi connectivity index (χ1) is 15.3. The lowest BCUT2D eigenvalue weighted by Gasteiger charge is -2.39. The van der Waals surface area contributed by atoms with E-state index in [9.17, 15) is 22.4 Å². The summed E-state index contributed by atoms with van der Waals surface area (Å²) in [4.78, 5) is 28.9. The van der Waals surface area contributed by atoms with Gasteiger partial charge in [-0.2, -0.15) is 4.31 Å². The van der Waals surface area contributed by atoms with Crippen LogP contribution in [0.15, 0.2) is 59.5 Å². The Labute approximate surface area is 187 Å². The molecule has 0 unspecified atom stereocenters. The minimum Gasteiger partial charge on any atom is -0.291 e. The van der Waals surface area contributed by atoms with Crippen molar-refractivity contribution >= 4 is 27.5 Å². The predicted octanol–water partition coefficient (Wildman–Crippen LogP) is 2.63. The molecule has 2 aliphatic rings. The maximum absolute atomic E-state index is 13.2. The molecule has 2 heterocycles. The highest BCUT2D eigenvalue weighted by atomic mass is 32.2. The SMILES string of the molecule is CCN(C1CCN([C@H]2CC(=O)N(c3ccc(F)cc3)C2=O)CC1)S(=O)(=O)c1ccccc1. The van der Waals surface area contributed by atoms with Crippen molar-refractivity contribution in [3.8, 4) is 0 Å². The van der Waals surface area contributed by atoms with Crippen LogP contribution in [0.1, 0.15) is 26.2 Å². The number of hydrogen-bond acceptors (Lipinski definition) is 5. The zero-order chi connectivity index (χ0) is 22.9. The molecule has 2 aromatic carbocycles. The van der Waals surface area contributed by atoms with Crippen LogP contribution in [0.3, 0.4) is 0 Å². The number of rotatable bonds is 6. The lowest BCUT2D eigenvalue weighted by atomic mass is 10.0. The number of amides is 2. The van der Waals surface area contributed by atoms with Crippen molar-refractivity contribution in [2.45, 2.75) is 43.2 Å². The maximum atomic E-state index is 13.2. The third-order valence-electron chi connectivity index (χ3n) is 6.22. The Hall–Kier alpha value is -2.62. The molecule has 9 heteroatoms. The molecule has 32 heavy (non-hydrogen) atoms. The highest BCUT2D eigenvalue weighted by Crippen LogP contribution is 2.30. The summed E-state index contributed by atoms with van der Waals surface area (Å²) < 4.78 is 40.9. The predicted molar refractivity (Wildman–Crippen MR) is 118 cm³/mol. The van der Waals surface area contributed by atoms with E-state index in [1.165, 1.54) is 28.6 Å². The molecular formula is C23H26FN3O4S. The fourth-order valence-electron chi connectivity index (χ4n) is 4.60. The second kappa shape index (κ2) is 9.09. The molecule has 2 fully saturated rings. The van der Waals surface area contributed by atoms with Gasteiger partial charge >= 0.3 is 0 Å². The van der Waals surface area contributed by atoms with Gasteiger partial charge in [0.15, 0.2) is 0 Å². The zero-order valence-electron chi connectivity index (χ0n) is 17.9. The molecule has 1 atom stereocenters. The third kappa shape index (κ3) is 4.20. The van der Waals surface area contributed by atoms with Gasteiger partial charge in [0.1, 0.15) is 5.82 Å². The van der Waals surface area contributed by atoms with E-state index in [1.54, 1.807) is 30.3 Å². The van der Waals surface area contributed by atoms with E-state index in [2.05, 4.69) is 0 Å². The van der Waals surface area contributed by atoms with Gasteiger partial charge < -0.3 is 0 Å². The summed E-state index contributed by atoms with van der Waals surface area (Å²) in [5.74, 6) is -1.06. The third-order valence-corrected chi connectivity index (χ3v) is 8.26. The molecule has 2 aromatic rings. The molecule has 2 aliphatic heterocycles. The molecule has 0 bridgehead atoms. The van der Waals surface area contributed by atoms with Gasteiger partial charge in [-0.3, -0.25) is 14.5 Å². The summed E-state index contributed by atoms with van der Waals surface area (Å²) in [7, 11) is -3.60. The summed E-state index contributed by atoms with van der Waals surface area (Å²) >= 11 is 0. The summed E-state index contributed by atoms with van der Waals surface area (Å²) in [5, 5.41) is 0. The molecule has 2 amide bonds. The Morgan fingerprint density at radius 3 is 2.22 bits per heavy atom. The van der Waals surface area contributed by atoms with Gasteiger partial charge in [-0.25, -0.2) is 17.7 Å². The molecule has 0 N–H and O–H groups in total. The first kappa shape index (κ1) is 22.6. The topological polar surface area (TPSA) is 78.0 Å². The van der Waals surface area contributed by atoms with Crippen molar-refractivity contribution < 1.29 is 22.4 Å². The van der Waals surface area contributed by atoms with Gasteiger partial charge in [0, 0.05) is 25.7 Å². The second-order valence-corrected chi connectivity index (χ2v) is 9.94. The Bertz CT molecular complexity index is 1080. The summed E-state index contributed by atoms with van der Waals surface area (Å²) in [6.45, 7) is 3.23. The molecule has 0 saturated carbocycles. The van der Waals surface area contributed by atoms with Crippen molar-refractivity contribution in [2.75, 3.05) is 24.5 Å². The number of benzene rings is 2. The van der Waals surface area contributed by atoms with Gasteiger partial charge in [-0.05, 0) is 49.2 Å². The van der Waals surface area contributed by atoms with Gasteiger partial charge in [0.2, 0.25) is 15.9 Å². The second-order valence-electron chi connectivity index (χ2n) is 8.05. The van der Waals surface area contributed by atoms with Crippen molar-refractivity contribution in [1.29, 1.82) is 0 Å². The molecule has 0 spiro atoms.